The third-order valence-corrected chi connectivity index (χ3v) is 6.36. The molecule has 3 rings (SSSR count). The van der Waals surface area contributed by atoms with Crippen LogP contribution in [0.25, 0.3) is 11.4 Å². The predicted molar refractivity (Wildman–Crippen MR) is 103 cm³/mol. The highest BCUT2D eigenvalue weighted by molar-refractivity contribution is 7.92. The highest BCUT2D eigenvalue weighted by Gasteiger charge is 2.29. The molecule has 0 radical (unpaired) electrons. The Morgan fingerprint density at radius 3 is 2.45 bits per heavy atom. The van der Waals surface area contributed by atoms with Gasteiger partial charge in [-0.25, -0.2) is 17.8 Å². The first-order valence-corrected chi connectivity index (χ1v) is 10.2. The molecule has 2 aromatic carbocycles. The van der Waals surface area contributed by atoms with E-state index in [2.05, 4.69) is 20.5 Å². The van der Waals surface area contributed by atoms with Crippen molar-refractivity contribution in [1.82, 2.24) is 20.5 Å². The van der Waals surface area contributed by atoms with Gasteiger partial charge in [-0.05, 0) is 55.5 Å². The maximum absolute atomic E-state index is 13.0. The summed E-state index contributed by atoms with van der Waals surface area (Å²) in [6.07, 6.45) is 0. The Kier molecular flexibility index (Phi) is 5.92. The van der Waals surface area contributed by atoms with E-state index in [-0.39, 0.29) is 11.4 Å². The number of rotatable bonds is 7. The van der Waals surface area contributed by atoms with E-state index < -0.39 is 26.8 Å². The van der Waals surface area contributed by atoms with Crippen molar-refractivity contribution in [2.45, 2.75) is 23.6 Å². The largest absolute Gasteiger partial charge is 0.497 e. The minimum absolute atomic E-state index is 0.0226. The number of hydrogen-bond acceptors (Lipinski definition) is 6. The van der Waals surface area contributed by atoms with Crippen LogP contribution in [0.4, 0.5) is 4.39 Å². The normalized spacial score (nSPS) is 12.4. The second-order valence-electron chi connectivity index (χ2n) is 6.19. The monoisotopic (exact) mass is 418 g/mol. The van der Waals surface area contributed by atoms with Gasteiger partial charge in [0.2, 0.25) is 5.91 Å². The SMILES string of the molecule is COc1ccc(-c2n[nH]c(CNC(=O)C(C)S(=O)(=O)c3ccc(F)cc3)n2)cc1. The molecule has 10 heteroatoms. The van der Waals surface area contributed by atoms with Gasteiger partial charge in [0.05, 0.1) is 18.6 Å². The van der Waals surface area contributed by atoms with E-state index in [1.807, 2.05) is 0 Å². The minimum atomic E-state index is -3.94. The molecule has 0 spiro atoms. The van der Waals surface area contributed by atoms with Crippen molar-refractivity contribution in [2.75, 3.05) is 7.11 Å². The van der Waals surface area contributed by atoms with Crippen molar-refractivity contribution in [1.29, 1.82) is 0 Å². The second-order valence-corrected chi connectivity index (χ2v) is 8.46. The lowest BCUT2D eigenvalue weighted by atomic mass is 10.2. The molecule has 0 bridgehead atoms. The molecule has 1 aromatic heterocycles. The summed E-state index contributed by atoms with van der Waals surface area (Å²) in [6.45, 7) is 1.25. The zero-order chi connectivity index (χ0) is 21.0. The van der Waals surface area contributed by atoms with Gasteiger partial charge < -0.3 is 10.1 Å². The third-order valence-electron chi connectivity index (χ3n) is 4.29. The second kappa shape index (κ2) is 8.39. The molecule has 0 saturated carbocycles. The number of halogens is 1. The molecule has 0 saturated heterocycles. The maximum Gasteiger partial charge on any atom is 0.238 e. The number of nitrogens with one attached hydrogen (secondary N) is 2. The fraction of sp³-hybridized carbons (Fsp3) is 0.211. The first-order chi connectivity index (χ1) is 13.8. The van der Waals surface area contributed by atoms with E-state index >= 15 is 0 Å². The lowest BCUT2D eigenvalue weighted by Crippen LogP contribution is -2.37. The highest BCUT2D eigenvalue weighted by atomic mass is 32.2. The number of aromatic nitrogens is 3. The molecule has 0 aliphatic carbocycles. The molecule has 3 aromatic rings. The van der Waals surface area contributed by atoms with Crippen LogP contribution in [0.2, 0.25) is 0 Å². The fourth-order valence-corrected chi connectivity index (χ4v) is 3.82. The summed E-state index contributed by atoms with van der Waals surface area (Å²) in [5.41, 5.74) is 0.756. The summed E-state index contributed by atoms with van der Waals surface area (Å²) < 4.78 is 43.1. The van der Waals surface area contributed by atoms with E-state index in [0.29, 0.717) is 17.4 Å². The predicted octanol–water partition coefficient (Wildman–Crippen LogP) is 2.10. The summed E-state index contributed by atoms with van der Waals surface area (Å²) in [4.78, 5) is 16.5. The van der Waals surface area contributed by atoms with E-state index in [9.17, 15) is 17.6 Å². The zero-order valence-corrected chi connectivity index (χ0v) is 16.5. The topological polar surface area (TPSA) is 114 Å². The Hall–Kier alpha value is -3.27. The molecule has 1 atom stereocenters. The highest BCUT2D eigenvalue weighted by Crippen LogP contribution is 2.19. The quantitative estimate of drug-likeness (QED) is 0.568. The molecule has 0 aliphatic rings. The fourth-order valence-electron chi connectivity index (χ4n) is 2.53. The van der Waals surface area contributed by atoms with Crippen molar-refractivity contribution in [2.24, 2.45) is 0 Å². The van der Waals surface area contributed by atoms with E-state index in [1.54, 1.807) is 31.4 Å². The van der Waals surface area contributed by atoms with Gasteiger partial charge in [-0.3, -0.25) is 9.89 Å². The lowest BCUT2D eigenvalue weighted by Gasteiger charge is -2.12. The smallest absolute Gasteiger partial charge is 0.238 e. The summed E-state index contributed by atoms with van der Waals surface area (Å²) in [5.74, 6) is 0.253. The van der Waals surface area contributed by atoms with Crippen LogP contribution in [-0.4, -0.2) is 41.9 Å². The molecule has 0 aliphatic heterocycles. The summed E-state index contributed by atoms with van der Waals surface area (Å²) in [5, 5.41) is 7.97. The molecule has 1 amide bonds. The van der Waals surface area contributed by atoms with Crippen LogP contribution in [0.15, 0.2) is 53.4 Å². The average Bonchev–Trinajstić information content (AvgIpc) is 3.21. The Bertz CT molecular complexity index is 1100. The van der Waals surface area contributed by atoms with Gasteiger partial charge in [-0.2, -0.15) is 5.10 Å². The number of hydrogen-bond donors (Lipinski definition) is 2. The van der Waals surface area contributed by atoms with Crippen LogP contribution in [0.3, 0.4) is 0 Å². The van der Waals surface area contributed by atoms with Crippen LogP contribution in [0.5, 0.6) is 5.75 Å². The lowest BCUT2D eigenvalue weighted by molar-refractivity contribution is -0.120. The summed E-state index contributed by atoms with van der Waals surface area (Å²) in [7, 11) is -2.37. The van der Waals surface area contributed by atoms with Crippen LogP contribution in [0, 0.1) is 5.82 Å². The molecule has 1 unspecified atom stereocenters. The molecule has 2 N–H and O–H groups in total. The number of benzene rings is 2. The van der Waals surface area contributed by atoms with Gasteiger partial charge in [-0.1, -0.05) is 0 Å². The molecular formula is C19H19FN4O4S. The molecule has 8 nitrogen and oxygen atoms in total. The van der Waals surface area contributed by atoms with Crippen LogP contribution in [0.1, 0.15) is 12.7 Å². The Morgan fingerprint density at radius 2 is 1.83 bits per heavy atom. The molecule has 152 valence electrons. The van der Waals surface area contributed by atoms with E-state index in [4.69, 9.17) is 4.74 Å². The Morgan fingerprint density at radius 1 is 1.17 bits per heavy atom. The van der Waals surface area contributed by atoms with Gasteiger partial charge in [0.1, 0.15) is 22.6 Å². The van der Waals surface area contributed by atoms with Gasteiger partial charge in [0, 0.05) is 5.56 Å². The van der Waals surface area contributed by atoms with Crippen LogP contribution >= 0.6 is 0 Å². The average molecular weight is 418 g/mol. The summed E-state index contributed by atoms with van der Waals surface area (Å²) in [6, 6.07) is 11.5. The molecular weight excluding hydrogens is 399 g/mol. The van der Waals surface area contributed by atoms with Gasteiger partial charge in [0.15, 0.2) is 15.7 Å². The minimum Gasteiger partial charge on any atom is -0.497 e. The first-order valence-electron chi connectivity index (χ1n) is 8.64. The van der Waals surface area contributed by atoms with Crippen molar-refractivity contribution in [3.8, 4) is 17.1 Å². The Balaban J connectivity index is 1.64. The molecule has 29 heavy (non-hydrogen) atoms. The Labute approximate surface area is 167 Å². The van der Waals surface area contributed by atoms with Crippen molar-refractivity contribution >= 4 is 15.7 Å². The number of carbonyl (C=O) groups excluding carboxylic acids is 1. The number of H-pyrrole nitrogens is 1. The molecule has 1 heterocycles. The number of sulfone groups is 1. The van der Waals surface area contributed by atoms with E-state index in [0.717, 1.165) is 29.8 Å². The van der Waals surface area contributed by atoms with Crippen molar-refractivity contribution in [3.05, 3.63) is 60.2 Å². The number of aromatic amines is 1. The van der Waals surface area contributed by atoms with Gasteiger partial charge in [-0.15, -0.1) is 0 Å². The molecule has 0 fully saturated rings. The number of nitrogens with zero attached hydrogens (tertiary/aromatic N) is 2. The zero-order valence-electron chi connectivity index (χ0n) is 15.7. The van der Waals surface area contributed by atoms with Gasteiger partial charge >= 0.3 is 0 Å². The van der Waals surface area contributed by atoms with Crippen LogP contribution < -0.4 is 10.1 Å². The van der Waals surface area contributed by atoms with Crippen LogP contribution in [-0.2, 0) is 21.2 Å². The van der Waals surface area contributed by atoms with E-state index in [1.165, 1.54) is 6.92 Å². The standard InChI is InChI=1S/C19H19FN4O4S/c1-12(29(26,27)16-9-5-14(20)6-10-16)19(25)21-11-17-22-18(24-23-17)13-3-7-15(28-2)8-4-13/h3-10,12H,11H2,1-2H3,(H,21,25)(H,22,23,24). The number of carbonyl (C=O) groups is 1. The van der Waals surface area contributed by atoms with Crippen molar-refractivity contribution < 1.29 is 22.3 Å². The summed E-state index contributed by atoms with van der Waals surface area (Å²) >= 11 is 0. The number of amides is 1. The number of ether oxygens (including phenoxy) is 1. The first kappa shape index (κ1) is 20.5. The van der Waals surface area contributed by atoms with Crippen molar-refractivity contribution in [3.63, 3.8) is 0 Å². The third kappa shape index (κ3) is 4.60. The van der Waals surface area contributed by atoms with Gasteiger partial charge in [0.25, 0.3) is 0 Å². The number of methoxy groups -OCH3 is 1. The maximum atomic E-state index is 13.0.